The van der Waals surface area contributed by atoms with Crippen molar-refractivity contribution in [3.63, 3.8) is 0 Å². The van der Waals surface area contributed by atoms with Gasteiger partial charge in [0.05, 0.1) is 17.2 Å². The zero-order valence-corrected chi connectivity index (χ0v) is 15.3. The summed E-state index contributed by atoms with van der Waals surface area (Å²) in [5, 5.41) is 10.4. The Labute approximate surface area is 163 Å². The molecule has 0 saturated heterocycles. The van der Waals surface area contributed by atoms with Gasteiger partial charge in [-0.2, -0.15) is 18.4 Å². The largest absolute Gasteiger partial charge is 0.452 e. The van der Waals surface area contributed by atoms with Gasteiger partial charge in [0.25, 0.3) is 5.91 Å². The van der Waals surface area contributed by atoms with Gasteiger partial charge in [0.2, 0.25) is 0 Å². The number of benzene rings is 2. The zero-order valence-electron chi connectivity index (χ0n) is 14.5. The number of halogens is 3. The number of alkyl halides is 3. The van der Waals surface area contributed by atoms with Crippen molar-refractivity contribution in [3.8, 4) is 6.07 Å². The van der Waals surface area contributed by atoms with E-state index in [0.717, 1.165) is 5.56 Å². The number of hydrogen-bond acceptors (Lipinski definition) is 5. The van der Waals surface area contributed by atoms with Crippen LogP contribution in [-0.2, 0) is 15.3 Å². The smallest absolute Gasteiger partial charge is 0.405 e. The van der Waals surface area contributed by atoms with Gasteiger partial charge < -0.3 is 10.1 Å². The highest BCUT2D eigenvalue weighted by Crippen LogP contribution is 2.27. The van der Waals surface area contributed by atoms with Crippen molar-refractivity contribution < 1.29 is 27.5 Å². The average molecular weight is 408 g/mol. The molecule has 2 aromatic rings. The van der Waals surface area contributed by atoms with Gasteiger partial charge >= 0.3 is 12.1 Å². The second-order valence-corrected chi connectivity index (χ2v) is 6.58. The molecule has 2 aromatic carbocycles. The molecule has 0 unspecified atom stereocenters. The molecular formula is C19H15F3N2O3S. The molecule has 2 rings (SSSR count). The summed E-state index contributed by atoms with van der Waals surface area (Å²) >= 11 is 1.36. The Morgan fingerprint density at radius 2 is 1.79 bits per heavy atom. The number of amides is 1. The number of nitriles is 1. The maximum absolute atomic E-state index is 12.2. The predicted molar refractivity (Wildman–Crippen MR) is 96.5 cm³/mol. The Balaban J connectivity index is 1.93. The highest BCUT2D eigenvalue weighted by Gasteiger charge is 2.27. The lowest BCUT2D eigenvalue weighted by Gasteiger charge is -2.11. The number of esters is 1. The third-order valence-electron chi connectivity index (χ3n) is 3.40. The lowest BCUT2D eigenvalue weighted by Crippen LogP contribution is -2.36. The highest BCUT2D eigenvalue weighted by molar-refractivity contribution is 7.98. The van der Waals surface area contributed by atoms with Crippen LogP contribution in [0.15, 0.2) is 53.4 Å². The highest BCUT2D eigenvalue weighted by atomic mass is 32.2. The molecule has 1 amide bonds. The molecule has 1 N–H and O–H groups in total. The monoisotopic (exact) mass is 408 g/mol. The van der Waals surface area contributed by atoms with Crippen LogP contribution >= 0.6 is 11.8 Å². The van der Waals surface area contributed by atoms with Crippen molar-refractivity contribution in [2.75, 3.05) is 13.2 Å². The first-order valence-electron chi connectivity index (χ1n) is 8.00. The lowest BCUT2D eigenvalue weighted by molar-refractivity contribution is -0.140. The predicted octanol–water partition coefficient (Wildman–Crippen LogP) is 3.69. The summed E-state index contributed by atoms with van der Waals surface area (Å²) in [6, 6.07) is 15.6. The molecule has 0 heterocycles. The molecule has 28 heavy (non-hydrogen) atoms. The summed E-state index contributed by atoms with van der Waals surface area (Å²) in [6.45, 7) is -2.29. The van der Waals surface area contributed by atoms with Crippen LogP contribution in [0, 0.1) is 11.3 Å². The van der Waals surface area contributed by atoms with Gasteiger partial charge in [-0.05, 0) is 29.8 Å². The van der Waals surface area contributed by atoms with Gasteiger partial charge in [0.1, 0.15) is 6.54 Å². The molecule has 0 aromatic heterocycles. The number of carbonyl (C=O) groups is 2. The minimum absolute atomic E-state index is 0.213. The Hall–Kier alpha value is -2.99. The van der Waals surface area contributed by atoms with E-state index in [1.807, 2.05) is 6.07 Å². The fraction of sp³-hybridized carbons (Fsp3) is 0.211. The van der Waals surface area contributed by atoms with Crippen molar-refractivity contribution in [2.45, 2.75) is 16.8 Å². The molecule has 0 aliphatic rings. The summed E-state index contributed by atoms with van der Waals surface area (Å²) < 4.78 is 41.0. The van der Waals surface area contributed by atoms with Gasteiger partial charge in [-0.3, -0.25) is 4.79 Å². The van der Waals surface area contributed by atoms with Crippen LogP contribution in [0.25, 0.3) is 0 Å². The fourth-order valence-electron chi connectivity index (χ4n) is 2.06. The molecule has 9 heteroatoms. The van der Waals surface area contributed by atoms with Crippen LogP contribution in [0.5, 0.6) is 0 Å². The molecule has 0 spiro atoms. The van der Waals surface area contributed by atoms with Crippen molar-refractivity contribution in [2.24, 2.45) is 0 Å². The SMILES string of the molecule is N#Cc1ccc(CSc2ccccc2C(=O)OCC(=O)NCC(F)(F)F)cc1. The normalized spacial score (nSPS) is 10.8. The Morgan fingerprint density at radius 3 is 2.43 bits per heavy atom. The van der Waals surface area contributed by atoms with Crippen molar-refractivity contribution in [1.29, 1.82) is 5.26 Å². The number of nitrogens with zero attached hydrogens (tertiary/aromatic N) is 1. The van der Waals surface area contributed by atoms with Gasteiger partial charge in [0, 0.05) is 10.6 Å². The van der Waals surface area contributed by atoms with Crippen LogP contribution in [0.3, 0.4) is 0 Å². The molecule has 146 valence electrons. The molecule has 0 bridgehead atoms. The molecule has 5 nitrogen and oxygen atoms in total. The van der Waals surface area contributed by atoms with Crippen molar-refractivity contribution >= 4 is 23.6 Å². The van der Waals surface area contributed by atoms with Crippen LogP contribution in [0.4, 0.5) is 13.2 Å². The van der Waals surface area contributed by atoms with Gasteiger partial charge in [0.15, 0.2) is 6.61 Å². The summed E-state index contributed by atoms with van der Waals surface area (Å²) in [5.74, 6) is -1.30. The van der Waals surface area contributed by atoms with E-state index >= 15 is 0 Å². The molecule has 0 atom stereocenters. The quantitative estimate of drug-likeness (QED) is 0.558. The van der Waals surface area contributed by atoms with Gasteiger partial charge in [-0.1, -0.05) is 24.3 Å². The first kappa shape index (κ1) is 21.3. The van der Waals surface area contributed by atoms with Crippen LogP contribution in [0.1, 0.15) is 21.5 Å². The number of ether oxygens (including phenoxy) is 1. The number of nitrogens with one attached hydrogen (secondary N) is 1. The Kier molecular flexibility index (Phi) is 7.46. The summed E-state index contributed by atoms with van der Waals surface area (Å²) in [5.41, 5.74) is 1.70. The summed E-state index contributed by atoms with van der Waals surface area (Å²) in [6.07, 6.45) is -4.53. The minimum atomic E-state index is -4.53. The second-order valence-electron chi connectivity index (χ2n) is 5.56. The maximum atomic E-state index is 12.2. The maximum Gasteiger partial charge on any atom is 0.405 e. The van der Waals surface area contributed by atoms with E-state index in [9.17, 15) is 22.8 Å². The standard InChI is InChI=1S/C19H15F3N2O3S/c20-19(21,22)12-24-17(25)10-27-18(26)15-3-1-2-4-16(15)28-11-14-7-5-13(9-23)6-8-14/h1-8H,10-12H2,(H,24,25). The Morgan fingerprint density at radius 1 is 1.11 bits per heavy atom. The number of hydrogen-bond donors (Lipinski definition) is 1. The third-order valence-corrected chi connectivity index (χ3v) is 4.55. The topological polar surface area (TPSA) is 79.2 Å². The molecule has 0 fully saturated rings. The van der Waals surface area contributed by atoms with E-state index < -0.39 is 31.2 Å². The number of carbonyl (C=O) groups excluding carboxylic acids is 2. The summed E-state index contributed by atoms with van der Waals surface area (Å²) in [4.78, 5) is 24.2. The van der Waals surface area contributed by atoms with Gasteiger partial charge in [-0.25, -0.2) is 4.79 Å². The van der Waals surface area contributed by atoms with E-state index in [2.05, 4.69) is 0 Å². The van der Waals surface area contributed by atoms with Crippen LogP contribution in [-0.4, -0.2) is 31.2 Å². The molecule has 0 saturated carbocycles. The Bertz CT molecular complexity index is 877. The molecule has 0 aliphatic heterocycles. The minimum Gasteiger partial charge on any atom is -0.452 e. The first-order valence-corrected chi connectivity index (χ1v) is 8.98. The fourth-order valence-corrected chi connectivity index (χ4v) is 3.05. The van der Waals surface area contributed by atoms with E-state index in [0.29, 0.717) is 16.2 Å². The van der Waals surface area contributed by atoms with E-state index in [-0.39, 0.29) is 5.56 Å². The number of thioether (sulfide) groups is 1. The lowest BCUT2D eigenvalue weighted by atomic mass is 10.2. The molecular weight excluding hydrogens is 393 g/mol. The molecule has 0 radical (unpaired) electrons. The first-order chi connectivity index (χ1) is 13.3. The third kappa shape index (κ3) is 6.96. The van der Waals surface area contributed by atoms with Crippen LogP contribution in [0.2, 0.25) is 0 Å². The van der Waals surface area contributed by atoms with E-state index in [1.54, 1.807) is 47.8 Å². The van der Waals surface area contributed by atoms with Crippen LogP contribution < -0.4 is 5.32 Å². The summed E-state index contributed by atoms with van der Waals surface area (Å²) in [7, 11) is 0. The van der Waals surface area contributed by atoms with Crippen molar-refractivity contribution in [3.05, 3.63) is 65.2 Å². The average Bonchev–Trinajstić information content (AvgIpc) is 2.69. The molecule has 0 aliphatic carbocycles. The van der Waals surface area contributed by atoms with E-state index in [4.69, 9.17) is 10.00 Å². The number of rotatable bonds is 7. The zero-order chi connectivity index (χ0) is 20.6. The second kappa shape index (κ2) is 9.80. The van der Waals surface area contributed by atoms with E-state index in [1.165, 1.54) is 17.8 Å². The van der Waals surface area contributed by atoms with Gasteiger partial charge in [-0.15, -0.1) is 11.8 Å². The van der Waals surface area contributed by atoms with Crippen molar-refractivity contribution in [1.82, 2.24) is 5.32 Å².